The molecule has 1 aromatic heterocycles. The van der Waals surface area contributed by atoms with Gasteiger partial charge in [0.1, 0.15) is 0 Å². The van der Waals surface area contributed by atoms with Crippen LogP contribution in [0.1, 0.15) is 36.0 Å². The summed E-state index contributed by atoms with van der Waals surface area (Å²) in [5, 5.41) is 2.72. The van der Waals surface area contributed by atoms with Crippen molar-refractivity contribution in [2.45, 2.75) is 31.8 Å². The molecule has 2 aromatic rings. The highest BCUT2D eigenvalue weighted by atomic mass is 35.5. The van der Waals surface area contributed by atoms with E-state index in [9.17, 15) is 9.59 Å². The van der Waals surface area contributed by atoms with E-state index in [4.69, 9.17) is 32.7 Å². The van der Waals surface area contributed by atoms with Gasteiger partial charge in [-0.05, 0) is 43.9 Å². The molecule has 142 valence electrons. The van der Waals surface area contributed by atoms with Gasteiger partial charge in [-0.25, -0.2) is 0 Å². The zero-order valence-electron chi connectivity index (χ0n) is 14.6. The Balaban J connectivity index is 1.80. The zero-order valence-corrected chi connectivity index (χ0v) is 16.1. The Morgan fingerprint density at radius 3 is 2.41 bits per heavy atom. The van der Waals surface area contributed by atoms with Crippen molar-refractivity contribution >= 4 is 40.6 Å². The molecule has 1 aromatic carbocycles. The number of nitrogens with one attached hydrogen (secondary N) is 1. The molecule has 1 heterocycles. The predicted molar refractivity (Wildman–Crippen MR) is 103 cm³/mol. The highest BCUT2D eigenvalue weighted by Gasteiger charge is 2.23. The van der Waals surface area contributed by atoms with Crippen LogP contribution in [-0.4, -0.2) is 29.9 Å². The molecule has 1 amide bonds. The molecule has 1 aliphatic carbocycles. The Bertz CT molecular complexity index is 847. The average molecular weight is 409 g/mol. The molecule has 0 spiro atoms. The van der Waals surface area contributed by atoms with Gasteiger partial charge < -0.3 is 14.8 Å². The first-order valence-corrected chi connectivity index (χ1v) is 9.24. The van der Waals surface area contributed by atoms with Crippen LogP contribution in [-0.2, 0) is 4.79 Å². The Hall–Kier alpha value is -2.31. The first-order chi connectivity index (χ1) is 13.0. The van der Waals surface area contributed by atoms with E-state index in [-0.39, 0.29) is 27.4 Å². The van der Waals surface area contributed by atoms with E-state index in [1.54, 1.807) is 6.07 Å². The maximum Gasteiger partial charge on any atom is 0.296 e. The highest BCUT2D eigenvalue weighted by molar-refractivity contribution is 6.48. The molecule has 27 heavy (non-hydrogen) atoms. The summed E-state index contributed by atoms with van der Waals surface area (Å²) in [4.78, 5) is 28.7. The Morgan fingerprint density at radius 2 is 1.78 bits per heavy atom. The van der Waals surface area contributed by atoms with Gasteiger partial charge in [-0.1, -0.05) is 23.2 Å². The van der Waals surface area contributed by atoms with Crippen molar-refractivity contribution < 1.29 is 19.1 Å². The van der Waals surface area contributed by atoms with Crippen LogP contribution in [0.2, 0.25) is 10.0 Å². The van der Waals surface area contributed by atoms with Crippen molar-refractivity contribution in [3.05, 3.63) is 46.2 Å². The molecule has 0 atom stereocenters. The van der Waals surface area contributed by atoms with E-state index in [1.807, 2.05) is 0 Å². The van der Waals surface area contributed by atoms with Crippen LogP contribution >= 0.6 is 23.2 Å². The zero-order chi connectivity index (χ0) is 19.4. The standard InChI is InChI=1S/C19H18Cl2N2O4/c1-26-15-7-6-11(8-16(15)27-12-4-2-3-5-12)18(24)19(25)23-17-13(20)9-22-10-14(17)21/h6-10,12H,2-5H2,1H3,(H,22,23,25). The lowest BCUT2D eigenvalue weighted by molar-refractivity contribution is -0.112. The third kappa shape index (κ3) is 4.51. The second kappa shape index (κ2) is 8.59. The molecule has 0 saturated heterocycles. The molecule has 1 N–H and O–H groups in total. The quantitative estimate of drug-likeness (QED) is 0.560. The molecule has 8 heteroatoms. The lowest BCUT2D eigenvalue weighted by Gasteiger charge is -2.16. The van der Waals surface area contributed by atoms with E-state index >= 15 is 0 Å². The molecular formula is C19H18Cl2N2O4. The van der Waals surface area contributed by atoms with Crippen molar-refractivity contribution in [1.29, 1.82) is 0 Å². The summed E-state index contributed by atoms with van der Waals surface area (Å²) in [5.74, 6) is -0.637. The maximum atomic E-state index is 12.6. The number of Topliss-reactive ketones (excluding diaryl/α,β-unsaturated/α-hetero) is 1. The van der Waals surface area contributed by atoms with E-state index in [0.717, 1.165) is 25.7 Å². The number of amides is 1. The lowest BCUT2D eigenvalue weighted by Crippen LogP contribution is -2.23. The van der Waals surface area contributed by atoms with Gasteiger partial charge in [0.15, 0.2) is 11.5 Å². The number of benzene rings is 1. The molecule has 3 rings (SSSR count). The third-order valence-corrected chi connectivity index (χ3v) is 4.89. The fourth-order valence-electron chi connectivity index (χ4n) is 2.93. The minimum Gasteiger partial charge on any atom is -0.493 e. The Kier molecular flexibility index (Phi) is 6.19. The van der Waals surface area contributed by atoms with Gasteiger partial charge in [-0.15, -0.1) is 0 Å². The summed E-state index contributed by atoms with van der Waals surface area (Å²) in [6.45, 7) is 0. The van der Waals surface area contributed by atoms with Crippen LogP contribution < -0.4 is 14.8 Å². The van der Waals surface area contributed by atoms with Crippen molar-refractivity contribution in [3.8, 4) is 11.5 Å². The molecule has 1 fully saturated rings. The molecule has 0 bridgehead atoms. The van der Waals surface area contributed by atoms with Crippen LogP contribution in [0.5, 0.6) is 11.5 Å². The maximum absolute atomic E-state index is 12.6. The molecule has 1 aliphatic rings. The predicted octanol–water partition coefficient (Wildman–Crippen LogP) is 4.54. The second-order valence-corrected chi connectivity index (χ2v) is 6.97. The molecule has 0 aliphatic heterocycles. The Labute approximate surface area is 166 Å². The van der Waals surface area contributed by atoms with Crippen molar-refractivity contribution in [3.63, 3.8) is 0 Å². The van der Waals surface area contributed by atoms with Crippen LogP contribution in [0, 0.1) is 0 Å². The van der Waals surface area contributed by atoms with E-state index in [2.05, 4.69) is 10.3 Å². The van der Waals surface area contributed by atoms with Gasteiger partial charge in [-0.2, -0.15) is 0 Å². The van der Waals surface area contributed by atoms with Crippen LogP contribution in [0.15, 0.2) is 30.6 Å². The number of methoxy groups -OCH3 is 1. The number of aromatic nitrogens is 1. The number of ketones is 1. The van der Waals surface area contributed by atoms with Crippen molar-refractivity contribution in [1.82, 2.24) is 4.98 Å². The molecule has 0 radical (unpaired) electrons. The normalized spacial score (nSPS) is 14.0. The molecule has 1 saturated carbocycles. The smallest absolute Gasteiger partial charge is 0.296 e. The topological polar surface area (TPSA) is 77.5 Å². The molecule has 6 nitrogen and oxygen atoms in total. The van der Waals surface area contributed by atoms with Gasteiger partial charge in [0, 0.05) is 18.0 Å². The summed E-state index contributed by atoms with van der Waals surface area (Å²) in [5.41, 5.74) is 0.324. The fraction of sp³-hybridized carbons (Fsp3) is 0.316. The van der Waals surface area contributed by atoms with E-state index in [1.165, 1.54) is 31.6 Å². The molecular weight excluding hydrogens is 391 g/mol. The minimum absolute atomic E-state index is 0.0903. The van der Waals surface area contributed by atoms with E-state index in [0.29, 0.717) is 11.5 Å². The van der Waals surface area contributed by atoms with Gasteiger partial charge in [0.05, 0.1) is 28.9 Å². The van der Waals surface area contributed by atoms with Crippen molar-refractivity contribution in [2.75, 3.05) is 12.4 Å². The summed E-state index contributed by atoms with van der Waals surface area (Å²) in [7, 11) is 1.53. The number of pyridine rings is 1. The van der Waals surface area contributed by atoms with Crippen LogP contribution in [0.4, 0.5) is 5.69 Å². The third-order valence-electron chi connectivity index (χ3n) is 4.32. The number of carbonyl (C=O) groups is 2. The number of hydrogen-bond acceptors (Lipinski definition) is 5. The van der Waals surface area contributed by atoms with Crippen molar-refractivity contribution in [2.24, 2.45) is 0 Å². The lowest BCUT2D eigenvalue weighted by atomic mass is 10.1. The number of nitrogens with zero attached hydrogens (tertiary/aromatic N) is 1. The fourth-order valence-corrected chi connectivity index (χ4v) is 3.39. The minimum atomic E-state index is -0.859. The van der Waals surface area contributed by atoms with Gasteiger partial charge >= 0.3 is 0 Å². The number of carbonyl (C=O) groups excluding carboxylic acids is 2. The summed E-state index contributed by atoms with van der Waals surface area (Å²) in [6, 6.07) is 4.64. The number of halogens is 2. The van der Waals surface area contributed by atoms with E-state index < -0.39 is 11.7 Å². The summed E-state index contributed by atoms with van der Waals surface area (Å²) < 4.78 is 11.3. The van der Waals surface area contributed by atoms with Crippen LogP contribution in [0.3, 0.4) is 0 Å². The highest BCUT2D eigenvalue weighted by Crippen LogP contribution is 2.33. The first-order valence-electron chi connectivity index (χ1n) is 8.49. The summed E-state index contributed by atoms with van der Waals surface area (Å²) >= 11 is 11.9. The first kappa shape index (κ1) is 19.5. The monoisotopic (exact) mass is 408 g/mol. The number of anilines is 1. The largest absolute Gasteiger partial charge is 0.493 e. The average Bonchev–Trinajstić information content (AvgIpc) is 3.17. The van der Waals surface area contributed by atoms with Gasteiger partial charge in [0.25, 0.3) is 11.7 Å². The van der Waals surface area contributed by atoms with Gasteiger partial charge in [-0.3, -0.25) is 14.6 Å². The number of ether oxygens (including phenoxy) is 2. The molecule has 0 unspecified atom stereocenters. The van der Waals surface area contributed by atoms with Gasteiger partial charge in [0.2, 0.25) is 0 Å². The number of rotatable bonds is 6. The van der Waals surface area contributed by atoms with Crippen LogP contribution in [0.25, 0.3) is 0 Å². The second-order valence-electron chi connectivity index (χ2n) is 6.15. The summed E-state index contributed by atoms with van der Waals surface area (Å²) in [6.07, 6.45) is 6.89. The Morgan fingerprint density at radius 1 is 1.11 bits per heavy atom. The SMILES string of the molecule is COc1ccc(C(=O)C(=O)Nc2c(Cl)cncc2Cl)cc1OC1CCCC1. The number of hydrogen-bond donors (Lipinski definition) is 1.